The van der Waals surface area contributed by atoms with E-state index < -0.39 is 6.09 Å². The SMILES string of the molecule is O=C(Nc1snc(Cl)c1Cl)OCc1ccc(Cl)cc1Cl. The number of aromatic nitrogens is 1. The summed E-state index contributed by atoms with van der Waals surface area (Å²) in [7, 11) is 0. The highest BCUT2D eigenvalue weighted by atomic mass is 35.5. The summed E-state index contributed by atoms with van der Waals surface area (Å²) in [5.41, 5.74) is 0.639. The first-order valence-electron chi connectivity index (χ1n) is 5.15. The van der Waals surface area contributed by atoms with Crippen LogP contribution in [0.25, 0.3) is 0 Å². The zero-order valence-electron chi connectivity index (χ0n) is 9.62. The third-order valence-electron chi connectivity index (χ3n) is 2.19. The summed E-state index contributed by atoms with van der Waals surface area (Å²) in [6, 6.07) is 4.90. The van der Waals surface area contributed by atoms with Crippen LogP contribution in [0.5, 0.6) is 0 Å². The van der Waals surface area contributed by atoms with Crippen molar-refractivity contribution >= 4 is 69.0 Å². The van der Waals surface area contributed by atoms with Crippen LogP contribution in [0.1, 0.15) is 5.56 Å². The highest BCUT2D eigenvalue weighted by Gasteiger charge is 2.13. The second kappa shape index (κ2) is 6.83. The second-order valence-electron chi connectivity index (χ2n) is 3.55. The molecule has 0 fully saturated rings. The summed E-state index contributed by atoms with van der Waals surface area (Å²) in [5.74, 6) is 0. The Bertz CT molecular complexity index is 647. The van der Waals surface area contributed by atoms with Crippen LogP contribution >= 0.6 is 57.9 Å². The number of amides is 1. The average molecular weight is 372 g/mol. The predicted octanol–water partition coefficient (Wildman–Crippen LogP) is 5.51. The fourth-order valence-corrected chi connectivity index (χ4v) is 2.78. The normalized spacial score (nSPS) is 10.4. The Kier molecular flexibility index (Phi) is 5.35. The molecule has 106 valence electrons. The molecular weight excluding hydrogens is 366 g/mol. The van der Waals surface area contributed by atoms with E-state index in [1.165, 1.54) is 0 Å². The van der Waals surface area contributed by atoms with Crippen molar-refractivity contribution in [1.82, 2.24) is 4.37 Å². The first-order chi connectivity index (χ1) is 9.47. The Morgan fingerprint density at radius 3 is 2.65 bits per heavy atom. The average Bonchev–Trinajstić information content (AvgIpc) is 2.70. The van der Waals surface area contributed by atoms with E-state index in [1.807, 2.05) is 0 Å². The molecule has 0 saturated heterocycles. The van der Waals surface area contributed by atoms with Gasteiger partial charge in [-0.25, -0.2) is 4.79 Å². The lowest BCUT2D eigenvalue weighted by Crippen LogP contribution is -2.13. The number of carbonyl (C=O) groups excluding carboxylic acids is 1. The molecule has 1 aromatic heterocycles. The lowest BCUT2D eigenvalue weighted by atomic mass is 10.2. The quantitative estimate of drug-likeness (QED) is 0.774. The lowest BCUT2D eigenvalue weighted by molar-refractivity contribution is 0.155. The maximum absolute atomic E-state index is 11.6. The number of halogens is 4. The van der Waals surface area contributed by atoms with Crippen LogP contribution in [-0.2, 0) is 11.3 Å². The summed E-state index contributed by atoms with van der Waals surface area (Å²) < 4.78 is 8.80. The Labute approximate surface area is 138 Å². The summed E-state index contributed by atoms with van der Waals surface area (Å²) in [4.78, 5) is 11.6. The molecule has 4 nitrogen and oxygen atoms in total. The lowest BCUT2D eigenvalue weighted by Gasteiger charge is -2.07. The highest BCUT2D eigenvalue weighted by molar-refractivity contribution is 7.11. The zero-order valence-corrected chi connectivity index (χ0v) is 13.5. The monoisotopic (exact) mass is 370 g/mol. The van der Waals surface area contributed by atoms with Crippen LogP contribution < -0.4 is 5.32 Å². The molecule has 0 aliphatic heterocycles. The molecule has 0 atom stereocenters. The smallest absolute Gasteiger partial charge is 0.412 e. The van der Waals surface area contributed by atoms with Gasteiger partial charge in [0.2, 0.25) is 0 Å². The number of hydrogen-bond acceptors (Lipinski definition) is 4. The van der Waals surface area contributed by atoms with Gasteiger partial charge < -0.3 is 4.74 Å². The van der Waals surface area contributed by atoms with Crippen molar-refractivity contribution in [1.29, 1.82) is 0 Å². The molecule has 9 heteroatoms. The Balaban J connectivity index is 1.94. The van der Waals surface area contributed by atoms with Crippen LogP contribution in [0.4, 0.5) is 9.80 Å². The number of benzene rings is 1. The second-order valence-corrected chi connectivity index (χ2v) is 5.91. The van der Waals surface area contributed by atoms with Crippen molar-refractivity contribution in [3.63, 3.8) is 0 Å². The molecule has 0 unspecified atom stereocenters. The first-order valence-corrected chi connectivity index (χ1v) is 7.44. The van der Waals surface area contributed by atoms with Gasteiger partial charge in [-0.1, -0.05) is 52.5 Å². The maximum atomic E-state index is 11.6. The number of hydrogen-bond donors (Lipinski definition) is 1. The van der Waals surface area contributed by atoms with E-state index in [0.717, 1.165) is 11.5 Å². The molecule has 1 amide bonds. The number of ether oxygens (including phenoxy) is 1. The molecular formula is C11H6Cl4N2O2S. The van der Waals surface area contributed by atoms with Gasteiger partial charge in [0.1, 0.15) is 16.6 Å². The molecule has 0 saturated carbocycles. The van der Waals surface area contributed by atoms with Gasteiger partial charge in [0, 0.05) is 15.6 Å². The van der Waals surface area contributed by atoms with Gasteiger partial charge in [-0.15, -0.1) is 0 Å². The third-order valence-corrected chi connectivity index (χ3v) is 4.49. The van der Waals surface area contributed by atoms with Crippen molar-refractivity contribution in [2.75, 3.05) is 5.32 Å². The van der Waals surface area contributed by atoms with Gasteiger partial charge in [0.25, 0.3) is 0 Å². The molecule has 0 aliphatic carbocycles. The molecule has 1 aromatic carbocycles. The summed E-state index contributed by atoms with van der Waals surface area (Å²) in [5, 5.41) is 4.00. The maximum Gasteiger partial charge on any atom is 0.412 e. The minimum atomic E-state index is -0.682. The van der Waals surface area contributed by atoms with Gasteiger partial charge in [-0.05, 0) is 23.7 Å². The number of rotatable bonds is 3. The molecule has 0 aliphatic rings. The number of nitrogens with zero attached hydrogens (tertiary/aromatic N) is 1. The van der Waals surface area contributed by atoms with Crippen LogP contribution in [-0.4, -0.2) is 10.5 Å². The van der Waals surface area contributed by atoms with Crippen molar-refractivity contribution in [2.45, 2.75) is 6.61 Å². The van der Waals surface area contributed by atoms with E-state index >= 15 is 0 Å². The largest absolute Gasteiger partial charge is 0.444 e. The zero-order chi connectivity index (χ0) is 14.7. The van der Waals surface area contributed by atoms with E-state index in [9.17, 15) is 4.79 Å². The van der Waals surface area contributed by atoms with Gasteiger partial charge in [0.15, 0.2) is 5.15 Å². The molecule has 0 bridgehead atoms. The third kappa shape index (κ3) is 3.90. The Hall–Kier alpha value is -0.720. The van der Waals surface area contributed by atoms with E-state index in [2.05, 4.69) is 9.69 Å². The van der Waals surface area contributed by atoms with Crippen molar-refractivity contribution < 1.29 is 9.53 Å². The number of carbonyl (C=O) groups is 1. The Morgan fingerprint density at radius 1 is 1.30 bits per heavy atom. The molecule has 0 radical (unpaired) electrons. The van der Waals surface area contributed by atoms with Crippen LogP contribution in [0.15, 0.2) is 18.2 Å². The highest BCUT2D eigenvalue weighted by Crippen LogP contribution is 2.33. The molecule has 20 heavy (non-hydrogen) atoms. The van der Waals surface area contributed by atoms with Crippen LogP contribution in [0.2, 0.25) is 20.2 Å². The van der Waals surface area contributed by atoms with Crippen molar-refractivity contribution in [2.24, 2.45) is 0 Å². The topological polar surface area (TPSA) is 51.2 Å². The molecule has 1 N–H and O–H groups in total. The van der Waals surface area contributed by atoms with Crippen molar-refractivity contribution in [3.8, 4) is 0 Å². The van der Waals surface area contributed by atoms with Crippen molar-refractivity contribution in [3.05, 3.63) is 44.0 Å². The fourth-order valence-electron chi connectivity index (χ4n) is 1.25. The van der Waals surface area contributed by atoms with Crippen LogP contribution in [0, 0.1) is 0 Å². The van der Waals surface area contributed by atoms with Gasteiger partial charge >= 0.3 is 6.09 Å². The standard InChI is InChI=1S/C11H6Cl4N2O2S/c12-6-2-1-5(7(13)3-6)4-19-11(18)16-10-8(14)9(15)17-20-10/h1-3H,4H2,(H,16,18). The van der Waals surface area contributed by atoms with E-state index in [0.29, 0.717) is 20.6 Å². The molecule has 2 aromatic rings. The summed E-state index contributed by atoms with van der Waals surface area (Å²) >= 11 is 24.2. The van der Waals surface area contributed by atoms with E-state index in [4.69, 9.17) is 51.1 Å². The minimum absolute atomic E-state index is 0.00594. The number of anilines is 1. The van der Waals surface area contributed by atoms with Gasteiger partial charge in [-0.2, -0.15) is 4.37 Å². The van der Waals surface area contributed by atoms with Gasteiger partial charge in [0.05, 0.1) is 0 Å². The van der Waals surface area contributed by atoms with E-state index in [1.54, 1.807) is 18.2 Å². The fraction of sp³-hybridized carbons (Fsp3) is 0.0909. The summed E-state index contributed by atoms with van der Waals surface area (Å²) in [6.07, 6.45) is -0.682. The van der Waals surface area contributed by atoms with E-state index in [-0.39, 0.29) is 16.8 Å². The summed E-state index contributed by atoms with van der Waals surface area (Å²) in [6.45, 7) is 0.00594. The minimum Gasteiger partial charge on any atom is -0.444 e. The molecule has 0 spiro atoms. The first kappa shape index (κ1) is 15.7. The Morgan fingerprint density at radius 2 is 2.05 bits per heavy atom. The van der Waals surface area contributed by atoms with Gasteiger partial charge in [-0.3, -0.25) is 5.32 Å². The van der Waals surface area contributed by atoms with Crippen LogP contribution in [0.3, 0.4) is 0 Å². The molecule has 2 rings (SSSR count). The predicted molar refractivity (Wildman–Crippen MR) is 82.4 cm³/mol. The molecule has 1 heterocycles. The number of nitrogens with one attached hydrogen (secondary N) is 1.